The molecule has 0 aromatic carbocycles. The average Bonchev–Trinajstić information content (AvgIpc) is 2.03. The van der Waals surface area contributed by atoms with Crippen molar-refractivity contribution in [3.63, 3.8) is 0 Å². The first-order chi connectivity index (χ1) is 6.16. The topological polar surface area (TPSA) is 44.1 Å². The Kier molecular flexibility index (Phi) is 2.72. The molecule has 0 saturated heterocycles. The molecular weight excluding hydrogens is 164 g/mol. The molecule has 1 saturated carbocycles. The van der Waals surface area contributed by atoms with E-state index in [2.05, 4.69) is 6.07 Å². The van der Waals surface area contributed by atoms with Crippen LogP contribution in [0.25, 0.3) is 0 Å². The van der Waals surface area contributed by atoms with Crippen LogP contribution in [-0.2, 0) is 4.79 Å². The summed E-state index contributed by atoms with van der Waals surface area (Å²) in [7, 11) is 1.70. The summed E-state index contributed by atoms with van der Waals surface area (Å²) in [6.45, 7) is 1.80. The number of hydrogen-bond donors (Lipinski definition) is 0. The minimum Gasteiger partial charge on any atom is -0.323 e. The SMILES string of the molecule is C/C=C/C(=O)N(C)C1(C#N)CCC1. The zero-order valence-electron chi connectivity index (χ0n) is 8.08. The molecule has 3 heteroatoms. The van der Waals surface area contributed by atoms with Gasteiger partial charge in [0.1, 0.15) is 5.54 Å². The van der Waals surface area contributed by atoms with E-state index < -0.39 is 5.54 Å². The summed E-state index contributed by atoms with van der Waals surface area (Å²) in [5.74, 6) is -0.0799. The Bertz CT molecular complexity index is 271. The Hall–Kier alpha value is -1.30. The number of allylic oxidation sites excluding steroid dienone is 1. The summed E-state index contributed by atoms with van der Waals surface area (Å²) in [5.41, 5.74) is -0.517. The molecule has 1 amide bonds. The highest BCUT2D eigenvalue weighted by Gasteiger charge is 2.42. The van der Waals surface area contributed by atoms with Gasteiger partial charge in [0, 0.05) is 7.05 Å². The van der Waals surface area contributed by atoms with Crippen LogP contribution in [0.1, 0.15) is 26.2 Å². The molecular formula is C10H14N2O. The molecule has 0 heterocycles. The molecule has 0 atom stereocenters. The lowest BCUT2D eigenvalue weighted by Gasteiger charge is -2.42. The highest BCUT2D eigenvalue weighted by atomic mass is 16.2. The van der Waals surface area contributed by atoms with Crippen molar-refractivity contribution in [1.82, 2.24) is 4.90 Å². The summed E-state index contributed by atoms with van der Waals surface area (Å²) >= 11 is 0. The third-order valence-corrected chi connectivity index (χ3v) is 2.67. The van der Waals surface area contributed by atoms with Crippen molar-refractivity contribution in [3.05, 3.63) is 12.2 Å². The molecule has 0 spiro atoms. The van der Waals surface area contributed by atoms with Gasteiger partial charge < -0.3 is 4.90 Å². The van der Waals surface area contributed by atoms with Crippen LogP contribution in [0.4, 0.5) is 0 Å². The van der Waals surface area contributed by atoms with Gasteiger partial charge in [0.25, 0.3) is 0 Å². The van der Waals surface area contributed by atoms with E-state index in [1.165, 1.54) is 6.08 Å². The van der Waals surface area contributed by atoms with Gasteiger partial charge in [-0.05, 0) is 32.3 Å². The maximum Gasteiger partial charge on any atom is 0.247 e. The van der Waals surface area contributed by atoms with Crippen molar-refractivity contribution >= 4 is 5.91 Å². The van der Waals surface area contributed by atoms with E-state index in [-0.39, 0.29) is 5.91 Å². The van der Waals surface area contributed by atoms with Crippen LogP contribution in [-0.4, -0.2) is 23.4 Å². The van der Waals surface area contributed by atoms with Crippen LogP contribution in [0.5, 0.6) is 0 Å². The lowest BCUT2D eigenvalue weighted by Crippen LogP contribution is -2.52. The molecule has 1 aliphatic rings. The fourth-order valence-electron chi connectivity index (χ4n) is 1.50. The molecule has 1 rings (SSSR count). The van der Waals surface area contributed by atoms with Crippen molar-refractivity contribution in [2.45, 2.75) is 31.7 Å². The number of nitriles is 1. The minimum atomic E-state index is -0.517. The molecule has 13 heavy (non-hydrogen) atoms. The van der Waals surface area contributed by atoms with Gasteiger partial charge in [-0.25, -0.2) is 0 Å². The molecule has 0 aliphatic heterocycles. The van der Waals surface area contributed by atoms with Crippen molar-refractivity contribution in [2.24, 2.45) is 0 Å². The highest BCUT2D eigenvalue weighted by Crippen LogP contribution is 2.36. The fourth-order valence-corrected chi connectivity index (χ4v) is 1.50. The zero-order valence-corrected chi connectivity index (χ0v) is 8.08. The maximum atomic E-state index is 11.4. The summed E-state index contributed by atoms with van der Waals surface area (Å²) in [4.78, 5) is 13.0. The number of nitrogens with zero attached hydrogens (tertiary/aromatic N) is 2. The largest absolute Gasteiger partial charge is 0.323 e. The molecule has 0 radical (unpaired) electrons. The van der Waals surface area contributed by atoms with Crippen LogP contribution < -0.4 is 0 Å². The highest BCUT2D eigenvalue weighted by molar-refractivity contribution is 5.88. The predicted octanol–water partition coefficient (Wildman–Crippen LogP) is 1.47. The molecule has 0 bridgehead atoms. The van der Waals surface area contributed by atoms with E-state index in [0.29, 0.717) is 0 Å². The monoisotopic (exact) mass is 178 g/mol. The van der Waals surface area contributed by atoms with Crippen molar-refractivity contribution < 1.29 is 4.79 Å². The van der Waals surface area contributed by atoms with Crippen LogP contribution in [0.2, 0.25) is 0 Å². The number of likely N-dealkylation sites (N-methyl/N-ethyl adjacent to an activating group) is 1. The van der Waals surface area contributed by atoms with Crippen molar-refractivity contribution in [3.8, 4) is 6.07 Å². The Morgan fingerprint density at radius 2 is 2.23 bits per heavy atom. The second kappa shape index (κ2) is 3.61. The van der Waals surface area contributed by atoms with Crippen LogP contribution in [0, 0.1) is 11.3 Å². The second-order valence-electron chi connectivity index (χ2n) is 3.39. The molecule has 1 fully saturated rings. The standard InChI is InChI=1S/C10H14N2O/c1-3-5-9(13)12(2)10(8-11)6-4-7-10/h3,5H,4,6-7H2,1-2H3/b5-3+. The van der Waals surface area contributed by atoms with Crippen molar-refractivity contribution in [2.75, 3.05) is 7.05 Å². The lowest BCUT2D eigenvalue weighted by atomic mass is 9.76. The number of carbonyl (C=O) groups is 1. The van der Waals surface area contributed by atoms with E-state index in [9.17, 15) is 4.79 Å². The zero-order chi connectivity index (χ0) is 9.90. The number of rotatable bonds is 2. The van der Waals surface area contributed by atoms with Crippen LogP contribution >= 0.6 is 0 Å². The number of carbonyl (C=O) groups excluding carboxylic acids is 1. The third kappa shape index (κ3) is 1.57. The summed E-state index contributed by atoms with van der Waals surface area (Å²) < 4.78 is 0. The van der Waals surface area contributed by atoms with E-state index >= 15 is 0 Å². The maximum absolute atomic E-state index is 11.4. The smallest absolute Gasteiger partial charge is 0.247 e. The van der Waals surface area contributed by atoms with E-state index in [1.807, 2.05) is 0 Å². The number of amides is 1. The Morgan fingerprint density at radius 1 is 1.62 bits per heavy atom. The quantitative estimate of drug-likeness (QED) is 0.601. The van der Waals surface area contributed by atoms with Gasteiger partial charge in [0.05, 0.1) is 6.07 Å². The van der Waals surface area contributed by atoms with Crippen LogP contribution in [0.15, 0.2) is 12.2 Å². The van der Waals surface area contributed by atoms with Gasteiger partial charge in [-0.1, -0.05) is 6.08 Å². The first kappa shape index (κ1) is 9.79. The Labute approximate surface area is 78.6 Å². The summed E-state index contributed by atoms with van der Waals surface area (Å²) in [5, 5.41) is 8.96. The van der Waals surface area contributed by atoms with Gasteiger partial charge >= 0.3 is 0 Å². The van der Waals surface area contributed by atoms with Gasteiger partial charge in [0.15, 0.2) is 0 Å². The first-order valence-electron chi connectivity index (χ1n) is 4.48. The molecule has 0 unspecified atom stereocenters. The Balaban J connectivity index is 2.71. The first-order valence-corrected chi connectivity index (χ1v) is 4.48. The van der Waals surface area contributed by atoms with E-state index in [1.54, 1.807) is 24.9 Å². The van der Waals surface area contributed by atoms with Gasteiger partial charge in [-0.3, -0.25) is 4.79 Å². The van der Waals surface area contributed by atoms with Gasteiger partial charge in [-0.2, -0.15) is 5.26 Å². The van der Waals surface area contributed by atoms with Gasteiger partial charge in [0.2, 0.25) is 5.91 Å². The van der Waals surface area contributed by atoms with Crippen molar-refractivity contribution in [1.29, 1.82) is 5.26 Å². The minimum absolute atomic E-state index is 0.0799. The lowest BCUT2D eigenvalue weighted by molar-refractivity contribution is -0.130. The normalized spacial score (nSPS) is 19.2. The van der Waals surface area contributed by atoms with E-state index in [4.69, 9.17) is 5.26 Å². The average molecular weight is 178 g/mol. The molecule has 3 nitrogen and oxygen atoms in total. The number of hydrogen-bond acceptors (Lipinski definition) is 2. The molecule has 1 aliphatic carbocycles. The summed E-state index contributed by atoms with van der Waals surface area (Å²) in [6.07, 6.45) is 5.85. The summed E-state index contributed by atoms with van der Waals surface area (Å²) in [6, 6.07) is 2.23. The molecule has 0 aromatic rings. The molecule has 70 valence electrons. The fraction of sp³-hybridized carbons (Fsp3) is 0.600. The molecule has 0 N–H and O–H groups in total. The van der Waals surface area contributed by atoms with Gasteiger partial charge in [-0.15, -0.1) is 0 Å². The van der Waals surface area contributed by atoms with Crippen LogP contribution in [0.3, 0.4) is 0 Å². The Morgan fingerprint density at radius 3 is 2.54 bits per heavy atom. The third-order valence-electron chi connectivity index (χ3n) is 2.67. The predicted molar refractivity (Wildman–Crippen MR) is 49.8 cm³/mol. The second-order valence-corrected chi connectivity index (χ2v) is 3.39. The molecule has 0 aromatic heterocycles. The van der Waals surface area contributed by atoms with E-state index in [0.717, 1.165) is 19.3 Å².